The van der Waals surface area contributed by atoms with E-state index in [0.717, 1.165) is 0 Å². The van der Waals surface area contributed by atoms with Gasteiger partial charge < -0.3 is 25.4 Å². The highest BCUT2D eigenvalue weighted by atomic mass is 16.5. The Kier molecular flexibility index (Phi) is 10.4. The first-order valence-corrected chi connectivity index (χ1v) is 11.1. The van der Waals surface area contributed by atoms with Crippen LogP contribution in [-0.2, 0) is 28.7 Å². The number of hydrogen-bond donors (Lipinski definition) is 3. The maximum absolute atomic E-state index is 12.1. The van der Waals surface area contributed by atoms with Crippen LogP contribution in [0.2, 0.25) is 0 Å². The maximum atomic E-state index is 12.1. The molecule has 2 aromatic carbocycles. The van der Waals surface area contributed by atoms with Gasteiger partial charge in [-0.2, -0.15) is 0 Å². The van der Waals surface area contributed by atoms with Gasteiger partial charge >= 0.3 is 11.9 Å². The molecular formula is C25H29N3O7. The van der Waals surface area contributed by atoms with E-state index in [-0.39, 0.29) is 37.2 Å². The molecule has 3 N–H and O–H groups in total. The maximum Gasteiger partial charge on any atom is 0.338 e. The Morgan fingerprint density at radius 1 is 0.743 bits per heavy atom. The number of ether oxygens (including phenoxy) is 2. The minimum atomic E-state index is -0.595. The van der Waals surface area contributed by atoms with Gasteiger partial charge in [-0.05, 0) is 68.8 Å². The van der Waals surface area contributed by atoms with Crippen molar-refractivity contribution >= 4 is 46.7 Å². The fourth-order valence-corrected chi connectivity index (χ4v) is 2.84. The molecule has 0 aromatic heterocycles. The average molecular weight is 484 g/mol. The second-order valence-corrected chi connectivity index (χ2v) is 7.90. The lowest BCUT2D eigenvalue weighted by Crippen LogP contribution is -2.21. The van der Waals surface area contributed by atoms with Crippen molar-refractivity contribution in [3.05, 3.63) is 54.1 Å². The number of esters is 2. The van der Waals surface area contributed by atoms with Gasteiger partial charge in [-0.3, -0.25) is 19.2 Å². The molecule has 10 heteroatoms. The van der Waals surface area contributed by atoms with Gasteiger partial charge in [0.2, 0.25) is 11.8 Å². The predicted molar refractivity (Wildman–Crippen MR) is 130 cm³/mol. The molecular weight excluding hydrogens is 454 g/mol. The van der Waals surface area contributed by atoms with E-state index in [1.165, 1.54) is 6.92 Å². The van der Waals surface area contributed by atoms with E-state index in [1.807, 2.05) is 0 Å². The van der Waals surface area contributed by atoms with Crippen LogP contribution in [-0.4, -0.2) is 42.4 Å². The van der Waals surface area contributed by atoms with Crippen LogP contribution in [0.25, 0.3) is 0 Å². The Labute approximate surface area is 203 Å². The second-order valence-electron chi connectivity index (χ2n) is 7.90. The monoisotopic (exact) mass is 483 g/mol. The molecule has 3 amide bonds. The van der Waals surface area contributed by atoms with E-state index < -0.39 is 24.5 Å². The quantitative estimate of drug-likeness (QED) is 0.416. The number of anilines is 3. The summed E-state index contributed by atoms with van der Waals surface area (Å²) >= 11 is 0. The molecule has 0 saturated heterocycles. The standard InChI is InChI=1S/C25H29N3O7/c1-16(2)35-25(33)18-7-9-20(10-8-18)27-22(30)5-4-6-24(32)34-15-23(31)28-21-13-11-19(12-14-21)26-17(3)29/h7-14,16H,4-6,15H2,1-3H3,(H,26,29)(H,27,30)(H,28,31). The van der Waals surface area contributed by atoms with Gasteiger partial charge in [0, 0.05) is 36.8 Å². The van der Waals surface area contributed by atoms with Gasteiger partial charge in [-0.25, -0.2) is 4.79 Å². The van der Waals surface area contributed by atoms with Gasteiger partial charge in [0.05, 0.1) is 11.7 Å². The average Bonchev–Trinajstić information content (AvgIpc) is 2.78. The smallest absolute Gasteiger partial charge is 0.338 e. The summed E-state index contributed by atoms with van der Waals surface area (Å²) in [6, 6.07) is 12.8. The minimum absolute atomic E-state index is 0.0217. The van der Waals surface area contributed by atoms with Crippen LogP contribution in [0.5, 0.6) is 0 Å². The molecule has 186 valence electrons. The van der Waals surface area contributed by atoms with Crippen molar-refractivity contribution in [1.29, 1.82) is 0 Å². The highest BCUT2D eigenvalue weighted by Gasteiger charge is 2.11. The highest BCUT2D eigenvalue weighted by molar-refractivity contribution is 5.94. The van der Waals surface area contributed by atoms with Crippen molar-refractivity contribution in [1.82, 2.24) is 0 Å². The van der Waals surface area contributed by atoms with Gasteiger partial charge in [0.1, 0.15) is 0 Å². The van der Waals surface area contributed by atoms with Crippen molar-refractivity contribution < 1.29 is 33.4 Å². The molecule has 0 radical (unpaired) electrons. The largest absolute Gasteiger partial charge is 0.459 e. The van der Waals surface area contributed by atoms with Crippen LogP contribution in [0.1, 0.15) is 50.4 Å². The Balaban J connectivity index is 1.64. The summed E-state index contributed by atoms with van der Waals surface area (Å²) in [7, 11) is 0. The summed E-state index contributed by atoms with van der Waals surface area (Å²) in [4.78, 5) is 58.7. The van der Waals surface area contributed by atoms with Gasteiger partial charge in [-0.1, -0.05) is 0 Å². The zero-order valence-electron chi connectivity index (χ0n) is 19.9. The van der Waals surface area contributed by atoms with Crippen molar-refractivity contribution in [3.63, 3.8) is 0 Å². The number of nitrogens with one attached hydrogen (secondary N) is 3. The molecule has 0 heterocycles. The molecule has 0 spiro atoms. The van der Waals surface area contributed by atoms with Crippen LogP contribution in [0.4, 0.5) is 17.1 Å². The lowest BCUT2D eigenvalue weighted by atomic mass is 10.2. The van der Waals surface area contributed by atoms with Crippen LogP contribution < -0.4 is 16.0 Å². The van der Waals surface area contributed by atoms with Crippen LogP contribution in [0.15, 0.2) is 48.5 Å². The number of carbonyl (C=O) groups excluding carboxylic acids is 5. The SMILES string of the molecule is CC(=O)Nc1ccc(NC(=O)COC(=O)CCCC(=O)Nc2ccc(C(=O)OC(C)C)cc2)cc1. The zero-order chi connectivity index (χ0) is 25.8. The van der Waals surface area contributed by atoms with E-state index in [0.29, 0.717) is 22.6 Å². The number of benzene rings is 2. The van der Waals surface area contributed by atoms with Gasteiger partial charge in [0.25, 0.3) is 5.91 Å². The molecule has 0 unspecified atom stereocenters. The molecule has 2 aromatic rings. The molecule has 0 atom stereocenters. The summed E-state index contributed by atoms with van der Waals surface area (Å²) in [5.41, 5.74) is 1.97. The van der Waals surface area contributed by atoms with Crippen molar-refractivity contribution in [3.8, 4) is 0 Å². The minimum Gasteiger partial charge on any atom is -0.459 e. The van der Waals surface area contributed by atoms with Crippen LogP contribution in [0, 0.1) is 0 Å². The predicted octanol–water partition coefficient (Wildman–Crippen LogP) is 3.50. The van der Waals surface area contributed by atoms with Crippen LogP contribution >= 0.6 is 0 Å². The Morgan fingerprint density at radius 3 is 1.80 bits per heavy atom. The van der Waals surface area contributed by atoms with Crippen molar-refractivity contribution in [2.45, 2.75) is 46.1 Å². The van der Waals surface area contributed by atoms with Gasteiger partial charge in [0.15, 0.2) is 6.61 Å². The first kappa shape index (κ1) is 27.0. The van der Waals surface area contributed by atoms with E-state index in [4.69, 9.17) is 9.47 Å². The summed E-state index contributed by atoms with van der Waals surface area (Å²) in [5.74, 6) is -2.04. The number of amides is 3. The number of rotatable bonds is 11. The lowest BCUT2D eigenvalue weighted by molar-refractivity contribution is -0.147. The molecule has 0 aliphatic heterocycles. The molecule has 35 heavy (non-hydrogen) atoms. The Morgan fingerprint density at radius 2 is 1.26 bits per heavy atom. The Hall–Kier alpha value is -4.21. The lowest BCUT2D eigenvalue weighted by Gasteiger charge is -2.09. The summed E-state index contributed by atoms with van der Waals surface area (Å²) < 4.78 is 10.0. The Bertz CT molecular complexity index is 1050. The molecule has 0 aliphatic rings. The molecule has 0 saturated carbocycles. The molecule has 0 bridgehead atoms. The van der Waals surface area contributed by atoms with Crippen molar-refractivity contribution in [2.24, 2.45) is 0 Å². The van der Waals surface area contributed by atoms with Crippen molar-refractivity contribution in [2.75, 3.05) is 22.6 Å². The molecule has 2 rings (SSSR count). The first-order chi connectivity index (χ1) is 16.6. The summed E-state index contributed by atoms with van der Waals surface area (Å²) in [5, 5.41) is 7.87. The summed E-state index contributed by atoms with van der Waals surface area (Å²) in [6.45, 7) is 4.45. The topological polar surface area (TPSA) is 140 Å². The third kappa shape index (κ3) is 10.5. The number of hydrogen-bond acceptors (Lipinski definition) is 7. The fraction of sp³-hybridized carbons (Fsp3) is 0.320. The second kappa shape index (κ2) is 13.5. The van der Waals surface area contributed by atoms with E-state index in [2.05, 4.69) is 16.0 Å². The number of carbonyl (C=O) groups is 5. The highest BCUT2D eigenvalue weighted by Crippen LogP contribution is 2.14. The third-order valence-corrected chi connectivity index (χ3v) is 4.39. The molecule has 0 fully saturated rings. The summed E-state index contributed by atoms with van der Waals surface area (Å²) in [6.07, 6.45) is 0.0819. The first-order valence-electron chi connectivity index (χ1n) is 11.1. The molecule has 0 aliphatic carbocycles. The fourth-order valence-electron chi connectivity index (χ4n) is 2.84. The van der Waals surface area contributed by atoms with E-state index >= 15 is 0 Å². The molecule has 10 nitrogen and oxygen atoms in total. The van der Waals surface area contributed by atoms with Gasteiger partial charge in [-0.15, -0.1) is 0 Å². The zero-order valence-corrected chi connectivity index (χ0v) is 19.9. The van der Waals surface area contributed by atoms with E-state index in [9.17, 15) is 24.0 Å². The van der Waals surface area contributed by atoms with Crippen LogP contribution in [0.3, 0.4) is 0 Å². The normalized spacial score (nSPS) is 10.3. The third-order valence-electron chi connectivity index (χ3n) is 4.39. The van der Waals surface area contributed by atoms with E-state index in [1.54, 1.807) is 62.4 Å².